The van der Waals surface area contributed by atoms with E-state index in [-0.39, 0.29) is 30.7 Å². The minimum absolute atomic E-state index is 0. The third-order valence-electron chi connectivity index (χ3n) is 4.88. The van der Waals surface area contributed by atoms with Crippen LogP contribution in [-0.2, 0) is 0 Å². The van der Waals surface area contributed by atoms with Gasteiger partial charge in [-0.3, -0.25) is 4.79 Å². The van der Waals surface area contributed by atoms with E-state index in [0.29, 0.717) is 11.1 Å². The van der Waals surface area contributed by atoms with E-state index in [1.165, 1.54) is 6.42 Å². The van der Waals surface area contributed by atoms with Crippen molar-refractivity contribution in [2.45, 2.75) is 12.8 Å². The fourth-order valence-electron chi connectivity index (χ4n) is 3.60. The van der Waals surface area contributed by atoms with Crippen LogP contribution in [0.4, 0.5) is 0 Å². The van der Waals surface area contributed by atoms with Crippen LogP contribution >= 0.6 is 24.8 Å². The van der Waals surface area contributed by atoms with Crippen molar-refractivity contribution < 1.29 is 4.79 Å². The highest BCUT2D eigenvalue weighted by molar-refractivity contribution is 5.95. The lowest BCUT2D eigenvalue weighted by Gasteiger charge is -2.22. The van der Waals surface area contributed by atoms with Crippen molar-refractivity contribution in [2.24, 2.45) is 5.41 Å². The van der Waals surface area contributed by atoms with Gasteiger partial charge in [-0.1, -0.05) is 24.3 Å². The number of likely N-dealkylation sites (tertiary alicyclic amines) is 1. The molecule has 0 aliphatic carbocycles. The minimum atomic E-state index is 0. The first-order chi connectivity index (χ1) is 10.3. The zero-order chi connectivity index (χ0) is 14.3. The summed E-state index contributed by atoms with van der Waals surface area (Å²) in [6.45, 7) is 3.85. The van der Waals surface area contributed by atoms with Crippen LogP contribution in [-0.4, -0.2) is 42.0 Å². The molecule has 1 unspecified atom stereocenters. The van der Waals surface area contributed by atoms with E-state index in [1.54, 1.807) is 0 Å². The summed E-state index contributed by atoms with van der Waals surface area (Å²) in [5.41, 5.74) is 1.77. The molecule has 1 amide bonds. The van der Waals surface area contributed by atoms with Crippen molar-refractivity contribution in [3.05, 3.63) is 42.1 Å². The molecule has 1 aromatic carbocycles. The molecule has 0 bridgehead atoms. The van der Waals surface area contributed by atoms with Crippen molar-refractivity contribution in [1.29, 1.82) is 0 Å². The van der Waals surface area contributed by atoms with Crippen LogP contribution in [0, 0.1) is 5.41 Å². The Morgan fingerprint density at radius 3 is 2.74 bits per heavy atom. The number of rotatable bonds is 1. The van der Waals surface area contributed by atoms with Gasteiger partial charge in [0.15, 0.2) is 0 Å². The average molecular weight is 354 g/mol. The van der Waals surface area contributed by atoms with Gasteiger partial charge in [0, 0.05) is 30.4 Å². The van der Waals surface area contributed by atoms with Gasteiger partial charge in [0.25, 0.3) is 5.91 Å². The minimum Gasteiger partial charge on any atom is -0.337 e. The number of fused-ring (bicyclic) bond motifs is 1. The van der Waals surface area contributed by atoms with Gasteiger partial charge in [0.1, 0.15) is 5.69 Å². The molecule has 2 aromatic rings. The van der Waals surface area contributed by atoms with E-state index in [4.69, 9.17) is 0 Å². The Bertz CT molecular complexity index is 701. The van der Waals surface area contributed by atoms with Gasteiger partial charge in [0.05, 0.1) is 5.52 Å². The van der Waals surface area contributed by atoms with Crippen LogP contribution < -0.4 is 5.32 Å². The summed E-state index contributed by atoms with van der Waals surface area (Å²) in [4.78, 5) is 19.2. The zero-order valence-corrected chi connectivity index (χ0v) is 14.5. The molecule has 6 heteroatoms. The van der Waals surface area contributed by atoms with E-state index in [1.807, 2.05) is 41.3 Å². The van der Waals surface area contributed by atoms with Gasteiger partial charge in [-0.05, 0) is 31.5 Å². The fraction of sp³-hybridized carbons (Fsp3) is 0.412. The van der Waals surface area contributed by atoms with Crippen LogP contribution in [0.15, 0.2) is 36.4 Å². The lowest BCUT2D eigenvalue weighted by Crippen LogP contribution is -2.33. The predicted molar refractivity (Wildman–Crippen MR) is 96.7 cm³/mol. The standard InChI is InChI=1S/C17H19N3O.2ClH/c21-16(20-10-8-17(12-20)7-9-18-11-17)15-6-5-13-3-1-2-4-14(13)19-15;;/h1-6,18H,7-12H2;2*1H. The molecule has 0 radical (unpaired) electrons. The quantitative estimate of drug-likeness (QED) is 0.857. The van der Waals surface area contributed by atoms with E-state index < -0.39 is 0 Å². The summed E-state index contributed by atoms with van der Waals surface area (Å²) in [7, 11) is 0. The Morgan fingerprint density at radius 2 is 1.96 bits per heavy atom. The number of amides is 1. The lowest BCUT2D eigenvalue weighted by atomic mass is 9.87. The van der Waals surface area contributed by atoms with Crippen molar-refractivity contribution in [2.75, 3.05) is 26.2 Å². The number of hydrogen-bond donors (Lipinski definition) is 1. The first-order valence-electron chi connectivity index (χ1n) is 7.62. The van der Waals surface area contributed by atoms with Gasteiger partial charge < -0.3 is 10.2 Å². The molecule has 2 aliphatic heterocycles. The maximum Gasteiger partial charge on any atom is 0.272 e. The van der Waals surface area contributed by atoms with E-state index >= 15 is 0 Å². The van der Waals surface area contributed by atoms with Crippen LogP contribution in [0.25, 0.3) is 10.9 Å². The summed E-state index contributed by atoms with van der Waals surface area (Å²) in [6.07, 6.45) is 2.29. The molecule has 3 heterocycles. The van der Waals surface area contributed by atoms with Crippen molar-refractivity contribution in [3.8, 4) is 0 Å². The van der Waals surface area contributed by atoms with E-state index in [2.05, 4.69) is 10.3 Å². The van der Waals surface area contributed by atoms with Crippen molar-refractivity contribution in [1.82, 2.24) is 15.2 Å². The fourth-order valence-corrected chi connectivity index (χ4v) is 3.60. The average Bonchev–Trinajstić information content (AvgIpc) is 3.17. The molecule has 0 saturated carbocycles. The molecule has 124 valence electrons. The summed E-state index contributed by atoms with van der Waals surface area (Å²) < 4.78 is 0. The third kappa shape index (κ3) is 3.30. The normalized spacial score (nSPS) is 22.9. The second-order valence-electron chi connectivity index (χ2n) is 6.29. The number of halogens is 2. The highest BCUT2D eigenvalue weighted by atomic mass is 35.5. The smallest absolute Gasteiger partial charge is 0.272 e. The first-order valence-corrected chi connectivity index (χ1v) is 7.62. The molecule has 1 N–H and O–H groups in total. The molecular weight excluding hydrogens is 333 g/mol. The number of carbonyl (C=O) groups excluding carboxylic acids is 1. The number of pyridine rings is 1. The van der Waals surface area contributed by atoms with E-state index in [9.17, 15) is 4.79 Å². The Morgan fingerprint density at radius 1 is 1.13 bits per heavy atom. The molecule has 2 fully saturated rings. The van der Waals surface area contributed by atoms with Gasteiger partial charge >= 0.3 is 0 Å². The maximum absolute atomic E-state index is 12.7. The number of nitrogens with one attached hydrogen (secondary N) is 1. The molecule has 1 spiro atoms. The van der Waals surface area contributed by atoms with Crippen LogP contribution in [0.5, 0.6) is 0 Å². The van der Waals surface area contributed by atoms with Gasteiger partial charge in [-0.25, -0.2) is 4.98 Å². The molecule has 23 heavy (non-hydrogen) atoms. The molecule has 2 saturated heterocycles. The summed E-state index contributed by atoms with van der Waals surface area (Å²) in [5.74, 6) is 0.0736. The lowest BCUT2D eigenvalue weighted by molar-refractivity contribution is 0.0770. The Hall–Kier alpha value is -1.36. The highest BCUT2D eigenvalue weighted by Crippen LogP contribution is 2.36. The number of hydrogen-bond acceptors (Lipinski definition) is 3. The summed E-state index contributed by atoms with van der Waals surface area (Å²) >= 11 is 0. The van der Waals surface area contributed by atoms with Gasteiger partial charge in [0.2, 0.25) is 0 Å². The molecule has 1 aromatic heterocycles. The van der Waals surface area contributed by atoms with E-state index in [0.717, 1.165) is 43.5 Å². The second-order valence-corrected chi connectivity index (χ2v) is 6.29. The number of para-hydroxylation sites is 1. The van der Waals surface area contributed by atoms with Crippen LogP contribution in [0.2, 0.25) is 0 Å². The Balaban J connectivity index is 0.000000960. The van der Waals surface area contributed by atoms with Crippen LogP contribution in [0.1, 0.15) is 23.3 Å². The SMILES string of the molecule is Cl.Cl.O=C(c1ccc2ccccc2n1)N1CCC2(CCNC2)C1. The Kier molecular flexibility index (Phi) is 5.50. The van der Waals surface area contributed by atoms with Crippen molar-refractivity contribution in [3.63, 3.8) is 0 Å². The number of nitrogens with zero attached hydrogens (tertiary/aromatic N) is 2. The molecule has 2 aliphatic rings. The van der Waals surface area contributed by atoms with Gasteiger partial charge in [-0.2, -0.15) is 0 Å². The molecular formula is C17H21Cl2N3O. The molecule has 4 nitrogen and oxygen atoms in total. The molecule has 4 rings (SSSR count). The molecule has 1 atom stereocenters. The maximum atomic E-state index is 12.7. The first kappa shape index (κ1) is 18.0. The third-order valence-corrected chi connectivity index (χ3v) is 4.88. The summed E-state index contributed by atoms with van der Waals surface area (Å²) in [5, 5.41) is 4.50. The topological polar surface area (TPSA) is 45.2 Å². The zero-order valence-electron chi connectivity index (χ0n) is 12.8. The summed E-state index contributed by atoms with van der Waals surface area (Å²) in [6, 6.07) is 11.8. The second kappa shape index (κ2) is 7.04. The number of carbonyl (C=O) groups is 1. The Labute approximate surface area is 148 Å². The van der Waals surface area contributed by atoms with Gasteiger partial charge in [-0.15, -0.1) is 24.8 Å². The monoisotopic (exact) mass is 353 g/mol. The van der Waals surface area contributed by atoms with Crippen LogP contribution in [0.3, 0.4) is 0 Å². The highest BCUT2D eigenvalue weighted by Gasteiger charge is 2.42. The van der Waals surface area contributed by atoms with Crippen molar-refractivity contribution >= 4 is 41.6 Å². The number of aromatic nitrogens is 1. The predicted octanol–water partition coefficient (Wildman–Crippen LogP) is 2.90. The largest absolute Gasteiger partial charge is 0.337 e. The number of benzene rings is 1.